The Kier molecular flexibility index (Phi) is 13.0. The molecule has 13 nitrogen and oxygen atoms in total. The molecule has 61 heavy (non-hydrogen) atoms. The zero-order chi connectivity index (χ0) is 42.5. The first-order chi connectivity index (χ1) is 29.9. The van der Waals surface area contributed by atoms with Crippen LogP contribution in [0.2, 0.25) is 0 Å². The number of fused-ring (bicyclic) bond motifs is 3. The normalized spacial score (nSPS) is 25.1. The Morgan fingerprint density at radius 2 is 1.70 bits per heavy atom. The van der Waals surface area contributed by atoms with Crippen LogP contribution in [0.15, 0.2) is 84.1 Å². The van der Waals surface area contributed by atoms with E-state index in [4.69, 9.17) is 38.4 Å². The number of hydrogen-bond donors (Lipinski definition) is 2. The van der Waals surface area contributed by atoms with Crippen LogP contribution in [0, 0.1) is 23.7 Å². The van der Waals surface area contributed by atoms with Crippen molar-refractivity contribution in [1.29, 1.82) is 0 Å². The molecular weight excluding hydrogens is 781 g/mol. The number of unbranched alkanes of at least 4 members (excludes halogenated alkanes) is 2. The molecule has 1 amide bonds. The number of benzene rings is 3. The largest absolute Gasteiger partial charge is 0.496 e. The third-order valence-electron chi connectivity index (χ3n) is 12.8. The smallest absolute Gasteiger partial charge is 0.239 e. The minimum absolute atomic E-state index is 0.0227. The molecule has 0 aromatic heterocycles. The number of rotatable bonds is 20. The summed E-state index contributed by atoms with van der Waals surface area (Å²) in [6.07, 6.45) is 11.2. The van der Waals surface area contributed by atoms with Gasteiger partial charge in [0.15, 0.2) is 17.8 Å². The highest BCUT2D eigenvalue weighted by molar-refractivity contribution is 6.03. The molecule has 0 radical (unpaired) electrons. The Labute approximate surface area is 356 Å². The number of aliphatic hydroxyl groups is 2. The van der Waals surface area contributed by atoms with Crippen molar-refractivity contribution in [1.82, 2.24) is 4.90 Å². The molecule has 0 spiro atoms. The van der Waals surface area contributed by atoms with E-state index < -0.39 is 17.7 Å². The summed E-state index contributed by atoms with van der Waals surface area (Å²) in [4.78, 5) is 34.3. The molecule has 324 valence electrons. The Balaban J connectivity index is 1.31. The van der Waals surface area contributed by atoms with Gasteiger partial charge in [-0.05, 0) is 110 Å². The summed E-state index contributed by atoms with van der Waals surface area (Å²) in [7, 11) is 3.06. The van der Waals surface area contributed by atoms with Crippen molar-refractivity contribution in [2.45, 2.75) is 82.1 Å². The van der Waals surface area contributed by atoms with Gasteiger partial charge in [-0.3, -0.25) is 9.59 Å². The number of hydrogen-bond acceptors (Lipinski definition) is 12. The maximum Gasteiger partial charge on any atom is 0.239 e. The summed E-state index contributed by atoms with van der Waals surface area (Å²) >= 11 is 0. The Bertz CT molecular complexity index is 2150. The van der Waals surface area contributed by atoms with Crippen molar-refractivity contribution in [3.8, 4) is 34.5 Å². The summed E-state index contributed by atoms with van der Waals surface area (Å²) in [5.41, 5.74) is 3.84. The van der Waals surface area contributed by atoms with Crippen LogP contribution < -0.4 is 23.7 Å². The van der Waals surface area contributed by atoms with Gasteiger partial charge in [0.2, 0.25) is 18.5 Å². The van der Waals surface area contributed by atoms with Crippen molar-refractivity contribution >= 4 is 17.9 Å². The Hall–Kier alpha value is -5.37. The summed E-state index contributed by atoms with van der Waals surface area (Å²) in [5.74, 6) is 1.29. The van der Waals surface area contributed by atoms with Crippen molar-refractivity contribution in [3.63, 3.8) is 0 Å². The van der Waals surface area contributed by atoms with Crippen LogP contribution in [-0.4, -0.2) is 85.7 Å². The standard InChI is InChI=1S/C48H56N2O11/c1-4-21-59-48-44(50(47(54)31-12-13-31)27-30-11-16-42-43(22-30)58-29-57-42)26-39(49-56-3)37-24-32(9-5-7-19-51)36(10-6-8-20-52)45(46(37)48)38-25-35(15-18-41(38)61-48)60-34-14-17-40(55-2)33(23-34)28-53/h4,11,14-18,22-25,28,31-32,36,44-46,51-52H,1,5-10,12-13,19-21,26-27,29H2,2-3H3. The zero-order valence-electron chi connectivity index (χ0n) is 35.0. The van der Waals surface area contributed by atoms with E-state index in [9.17, 15) is 19.8 Å². The topological polar surface area (TPSA) is 155 Å². The van der Waals surface area contributed by atoms with Crippen molar-refractivity contribution < 1.29 is 53.1 Å². The van der Waals surface area contributed by atoms with E-state index in [1.807, 2.05) is 41.3 Å². The number of aldehydes is 1. The third kappa shape index (κ3) is 8.47. The number of amides is 1. The van der Waals surface area contributed by atoms with Gasteiger partial charge in [0.1, 0.15) is 36.1 Å². The number of carbonyl (C=O) groups is 2. The van der Waals surface area contributed by atoms with E-state index in [-0.39, 0.29) is 62.7 Å². The average Bonchev–Trinajstić information content (AvgIpc) is 4.03. The van der Waals surface area contributed by atoms with Crippen molar-refractivity contribution in [3.05, 3.63) is 95.6 Å². The maximum absolute atomic E-state index is 14.8. The molecule has 8 rings (SSSR count). The van der Waals surface area contributed by atoms with Crippen LogP contribution in [0.4, 0.5) is 0 Å². The second kappa shape index (κ2) is 18.7. The molecule has 5 aliphatic rings. The minimum atomic E-state index is -1.39. The van der Waals surface area contributed by atoms with Gasteiger partial charge in [-0.1, -0.05) is 36.2 Å². The van der Waals surface area contributed by atoms with Crippen LogP contribution in [0.1, 0.15) is 85.2 Å². The first-order valence-corrected chi connectivity index (χ1v) is 21.5. The lowest BCUT2D eigenvalue weighted by atomic mass is 9.55. The molecule has 2 saturated carbocycles. The SMILES string of the molecule is C=CCOC12Oc3ccc(Oc4ccc(OC)c(C=O)c4)cc3C3C(CCCCO)C(CCCCO)C=C(C(=NOC)CC1N(Cc1ccc4c(c1)OCO4)C(=O)C1CC1)C32. The van der Waals surface area contributed by atoms with E-state index in [2.05, 4.69) is 12.7 Å². The number of nitrogens with zero attached hydrogens (tertiary/aromatic N) is 2. The molecule has 3 aromatic carbocycles. The number of oxime groups is 1. The summed E-state index contributed by atoms with van der Waals surface area (Å²) in [6.45, 7) is 4.78. The van der Waals surface area contributed by atoms with E-state index in [1.165, 1.54) is 7.11 Å². The predicted octanol–water partition coefficient (Wildman–Crippen LogP) is 7.73. The van der Waals surface area contributed by atoms with Gasteiger partial charge in [0.25, 0.3) is 0 Å². The van der Waals surface area contributed by atoms with Crippen LogP contribution in [0.25, 0.3) is 0 Å². The number of ether oxygens (including phenoxy) is 6. The van der Waals surface area contributed by atoms with Gasteiger partial charge in [-0.2, -0.15) is 0 Å². The summed E-state index contributed by atoms with van der Waals surface area (Å²) < 4.78 is 37.7. The first-order valence-electron chi connectivity index (χ1n) is 21.5. The highest BCUT2D eigenvalue weighted by Crippen LogP contribution is 2.62. The maximum atomic E-state index is 14.8. The highest BCUT2D eigenvalue weighted by Gasteiger charge is 2.66. The van der Waals surface area contributed by atoms with Gasteiger partial charge >= 0.3 is 0 Å². The van der Waals surface area contributed by atoms with Gasteiger partial charge < -0.3 is 48.4 Å². The molecule has 2 fully saturated rings. The molecule has 6 unspecified atom stereocenters. The lowest BCUT2D eigenvalue weighted by Crippen LogP contribution is -2.70. The highest BCUT2D eigenvalue weighted by atomic mass is 16.7. The van der Waals surface area contributed by atoms with Crippen LogP contribution in [0.3, 0.4) is 0 Å². The molecule has 0 saturated heterocycles. The average molecular weight is 837 g/mol. The fourth-order valence-electron chi connectivity index (χ4n) is 9.97. The Morgan fingerprint density at radius 3 is 2.44 bits per heavy atom. The first kappa shape index (κ1) is 42.3. The lowest BCUT2D eigenvalue weighted by molar-refractivity contribution is -0.258. The van der Waals surface area contributed by atoms with Gasteiger partial charge in [-0.15, -0.1) is 6.58 Å². The quantitative estimate of drug-likeness (QED) is 0.0497. The number of methoxy groups -OCH3 is 1. The number of carbonyl (C=O) groups excluding carboxylic acids is 2. The third-order valence-corrected chi connectivity index (χ3v) is 12.8. The molecule has 6 atom stereocenters. The molecule has 2 N–H and O–H groups in total. The molecule has 0 bridgehead atoms. The molecule has 3 aromatic rings. The van der Waals surface area contributed by atoms with Gasteiger partial charge in [-0.25, -0.2) is 0 Å². The van der Waals surface area contributed by atoms with E-state index >= 15 is 0 Å². The van der Waals surface area contributed by atoms with Crippen LogP contribution in [0.5, 0.6) is 34.5 Å². The molecule has 2 heterocycles. The fraction of sp³-hybridized carbons (Fsp3) is 0.479. The van der Waals surface area contributed by atoms with E-state index in [1.54, 1.807) is 31.4 Å². The molecular formula is C48H56N2O11. The zero-order valence-corrected chi connectivity index (χ0v) is 35.0. The van der Waals surface area contributed by atoms with Gasteiger partial charge in [0, 0.05) is 43.6 Å². The van der Waals surface area contributed by atoms with E-state index in [0.717, 1.165) is 67.2 Å². The van der Waals surface area contributed by atoms with Crippen LogP contribution >= 0.6 is 0 Å². The van der Waals surface area contributed by atoms with Crippen molar-refractivity contribution in [2.75, 3.05) is 40.8 Å². The fourth-order valence-corrected chi connectivity index (χ4v) is 9.97. The summed E-state index contributed by atoms with van der Waals surface area (Å²) in [6, 6.07) is 16.0. The summed E-state index contributed by atoms with van der Waals surface area (Å²) in [5, 5.41) is 24.6. The second-order valence-corrected chi connectivity index (χ2v) is 16.5. The molecule has 2 aliphatic heterocycles. The molecule has 3 aliphatic carbocycles. The van der Waals surface area contributed by atoms with Crippen molar-refractivity contribution in [2.24, 2.45) is 28.8 Å². The van der Waals surface area contributed by atoms with Crippen LogP contribution in [-0.2, 0) is 20.9 Å². The minimum Gasteiger partial charge on any atom is -0.496 e. The Morgan fingerprint density at radius 1 is 0.951 bits per heavy atom. The predicted molar refractivity (Wildman–Crippen MR) is 226 cm³/mol. The van der Waals surface area contributed by atoms with E-state index in [0.29, 0.717) is 59.3 Å². The number of aliphatic hydroxyl groups excluding tert-OH is 2. The molecule has 13 heteroatoms. The monoisotopic (exact) mass is 836 g/mol. The number of allylic oxidation sites excluding steroid dienone is 1. The second-order valence-electron chi connectivity index (χ2n) is 16.5. The van der Waals surface area contributed by atoms with Gasteiger partial charge in [0.05, 0.1) is 30.9 Å². The lowest BCUT2D eigenvalue weighted by Gasteiger charge is -2.60.